The molecule has 0 aliphatic carbocycles. The van der Waals surface area contributed by atoms with Crippen molar-refractivity contribution in [3.63, 3.8) is 0 Å². The van der Waals surface area contributed by atoms with Crippen LogP contribution in [0.1, 0.15) is 103 Å². The van der Waals surface area contributed by atoms with Gasteiger partial charge in [0.05, 0.1) is 17.7 Å². The number of hydrogen-bond acceptors (Lipinski definition) is 7. The van der Waals surface area contributed by atoms with Crippen molar-refractivity contribution < 1.29 is 35.1 Å². The van der Waals surface area contributed by atoms with Gasteiger partial charge in [-0.15, -0.1) is 0 Å². The van der Waals surface area contributed by atoms with Gasteiger partial charge in [-0.25, -0.2) is 0 Å². The maximum Gasteiger partial charge on any atom is 0.303 e. The molecule has 0 spiro atoms. The highest BCUT2D eigenvalue weighted by Crippen LogP contribution is 2.28. The van der Waals surface area contributed by atoms with Crippen LogP contribution in [-0.2, 0) is 9.53 Å². The van der Waals surface area contributed by atoms with Crippen molar-refractivity contribution in [1.82, 2.24) is 0 Å². The van der Waals surface area contributed by atoms with Crippen LogP contribution in [0, 0.1) is 0 Å². The third-order valence-corrected chi connectivity index (χ3v) is 6.45. The maximum atomic E-state index is 11.1. The Labute approximate surface area is 186 Å². The fourth-order valence-electron chi connectivity index (χ4n) is 4.22. The molecule has 1 saturated heterocycles. The monoisotopic (exact) mass is 447 g/mol. The quantitative estimate of drug-likeness (QED) is 0.386. The van der Waals surface area contributed by atoms with Crippen LogP contribution in [0.5, 0.6) is 0 Å². The Morgan fingerprint density at radius 2 is 1.35 bits per heavy atom. The lowest BCUT2D eigenvalue weighted by Gasteiger charge is -2.36. The lowest BCUT2D eigenvalue weighted by molar-refractivity contribution is -0.214. The summed E-state index contributed by atoms with van der Waals surface area (Å²) in [6, 6.07) is -1.33. The largest absolute Gasteiger partial charge is 0.481 e. The number of carboxylic acids is 1. The van der Waals surface area contributed by atoms with Gasteiger partial charge in [0.1, 0.15) is 12.2 Å². The second-order valence-corrected chi connectivity index (χ2v) is 9.41. The van der Waals surface area contributed by atoms with Crippen LogP contribution in [0.2, 0.25) is 0 Å². The van der Waals surface area contributed by atoms with Crippen LogP contribution < -0.4 is 5.73 Å². The molecule has 1 aliphatic heterocycles. The van der Waals surface area contributed by atoms with Crippen molar-refractivity contribution in [2.75, 3.05) is 0 Å². The van der Waals surface area contributed by atoms with E-state index in [4.69, 9.17) is 15.6 Å². The normalized spacial score (nSPS) is 36.5. The molecule has 8 heteroatoms. The highest BCUT2D eigenvalue weighted by atomic mass is 16.6. The molecule has 1 fully saturated rings. The van der Waals surface area contributed by atoms with Crippen LogP contribution in [0.15, 0.2) is 0 Å². The smallest absolute Gasteiger partial charge is 0.303 e. The Balaban J connectivity index is 2.80. The molecule has 184 valence electrons. The molecule has 0 radical (unpaired) electrons. The van der Waals surface area contributed by atoms with E-state index in [9.17, 15) is 25.2 Å². The molecule has 31 heavy (non-hydrogen) atoms. The Morgan fingerprint density at radius 3 is 1.87 bits per heavy atom. The molecule has 1 rings (SSSR count). The summed E-state index contributed by atoms with van der Waals surface area (Å²) in [4.78, 5) is 11.1. The highest BCUT2D eigenvalue weighted by Gasteiger charge is 2.37. The van der Waals surface area contributed by atoms with Gasteiger partial charge >= 0.3 is 5.97 Å². The third kappa shape index (κ3) is 11.6. The molecule has 1 heterocycles. The second kappa shape index (κ2) is 15.1. The van der Waals surface area contributed by atoms with Gasteiger partial charge in [0.25, 0.3) is 0 Å². The van der Waals surface area contributed by atoms with Crippen molar-refractivity contribution in [3.8, 4) is 0 Å². The molecule has 7 N–H and O–H groups in total. The van der Waals surface area contributed by atoms with Gasteiger partial charge in [0.15, 0.2) is 6.29 Å². The summed E-state index contributed by atoms with van der Waals surface area (Å²) in [5, 5.41) is 50.4. The molecule has 0 aromatic rings. The van der Waals surface area contributed by atoms with E-state index in [0.717, 1.165) is 44.9 Å². The summed E-state index contributed by atoms with van der Waals surface area (Å²) < 4.78 is 5.75. The molecule has 0 bridgehead atoms. The minimum absolute atomic E-state index is 0.109. The summed E-state index contributed by atoms with van der Waals surface area (Å²) in [5.41, 5.74) is 5.01. The number of rotatable bonds is 3. The Hall–Kier alpha value is -0.770. The van der Waals surface area contributed by atoms with Gasteiger partial charge in [-0.2, -0.15) is 0 Å². The average Bonchev–Trinajstić information content (AvgIpc) is 2.73. The number of nitrogens with two attached hydrogens (primary N) is 1. The van der Waals surface area contributed by atoms with E-state index in [0.29, 0.717) is 12.8 Å². The zero-order valence-corrected chi connectivity index (χ0v) is 19.1. The first-order valence-corrected chi connectivity index (χ1v) is 12.0. The number of aliphatic carboxylic acids is 1. The zero-order chi connectivity index (χ0) is 23.3. The second-order valence-electron chi connectivity index (χ2n) is 9.41. The molecule has 0 amide bonds. The fourth-order valence-corrected chi connectivity index (χ4v) is 4.22. The van der Waals surface area contributed by atoms with E-state index in [-0.39, 0.29) is 12.8 Å². The number of carboxylic acid groups (broad SMARTS) is 1. The predicted molar refractivity (Wildman–Crippen MR) is 118 cm³/mol. The average molecular weight is 448 g/mol. The summed E-state index contributed by atoms with van der Waals surface area (Å²) >= 11 is 0. The summed E-state index contributed by atoms with van der Waals surface area (Å²) in [6.07, 6.45) is 6.91. The zero-order valence-electron chi connectivity index (χ0n) is 19.1. The molecule has 1 aliphatic rings. The predicted octanol–water partition coefficient (Wildman–Crippen LogP) is 2.44. The minimum Gasteiger partial charge on any atom is -0.481 e. The molecule has 0 saturated carbocycles. The van der Waals surface area contributed by atoms with Gasteiger partial charge in [-0.3, -0.25) is 4.79 Å². The number of aliphatic hydroxyl groups is 4. The van der Waals surface area contributed by atoms with Gasteiger partial charge in [0.2, 0.25) is 0 Å². The first-order chi connectivity index (χ1) is 14.7. The van der Waals surface area contributed by atoms with Crippen molar-refractivity contribution in [2.24, 2.45) is 5.73 Å². The topological polar surface area (TPSA) is 153 Å². The lowest BCUT2D eigenvalue weighted by atomic mass is 9.91. The first kappa shape index (κ1) is 28.3. The minimum atomic E-state index is -1.60. The van der Waals surface area contributed by atoms with E-state index in [1.807, 2.05) is 0 Å². The third-order valence-electron chi connectivity index (χ3n) is 6.45. The molecular formula is C23H45NO7. The van der Waals surface area contributed by atoms with Gasteiger partial charge < -0.3 is 36.0 Å². The lowest BCUT2D eigenvalue weighted by Crippen LogP contribution is -2.55. The molecule has 0 aromatic heterocycles. The van der Waals surface area contributed by atoms with Crippen LogP contribution >= 0.6 is 0 Å². The van der Waals surface area contributed by atoms with E-state index >= 15 is 0 Å². The van der Waals surface area contributed by atoms with Gasteiger partial charge in [-0.1, -0.05) is 70.6 Å². The van der Waals surface area contributed by atoms with Crippen molar-refractivity contribution >= 4 is 5.97 Å². The number of hydrogen-bond donors (Lipinski definition) is 6. The Bertz CT molecular complexity index is 493. The van der Waals surface area contributed by atoms with Gasteiger partial charge in [-0.05, 0) is 26.2 Å². The van der Waals surface area contributed by atoms with Crippen molar-refractivity contribution in [2.45, 2.75) is 139 Å². The van der Waals surface area contributed by atoms with Crippen LogP contribution in [0.25, 0.3) is 0 Å². The van der Waals surface area contributed by atoms with Crippen LogP contribution in [-0.4, -0.2) is 67.7 Å². The SMILES string of the molecule is CC1(CCC(=O)O)CCCCCCCCCCCCCC(O)C(O)C(O)C(N)C(O)O1. The van der Waals surface area contributed by atoms with Crippen LogP contribution in [0.4, 0.5) is 0 Å². The molecule has 6 atom stereocenters. The number of aliphatic hydroxyl groups excluding tert-OH is 4. The standard InChI is InChI=1S/C23H45NO7/c1-23(16-14-18(26)27)15-12-10-8-6-4-2-3-5-7-9-11-13-17(25)20(28)21(29)19(24)22(30)31-23/h17,19-22,25,28-30H,2-16,24H2,1H3,(H,26,27). The van der Waals surface area contributed by atoms with Crippen molar-refractivity contribution in [1.29, 1.82) is 0 Å². The maximum absolute atomic E-state index is 11.1. The fraction of sp³-hybridized carbons (Fsp3) is 0.957. The summed E-state index contributed by atoms with van der Waals surface area (Å²) in [7, 11) is 0. The van der Waals surface area contributed by atoms with E-state index in [1.54, 1.807) is 6.92 Å². The molecule has 8 nitrogen and oxygen atoms in total. The number of ether oxygens (including phenoxy) is 1. The van der Waals surface area contributed by atoms with Crippen molar-refractivity contribution in [3.05, 3.63) is 0 Å². The first-order valence-electron chi connectivity index (χ1n) is 12.0. The van der Waals surface area contributed by atoms with E-state index in [2.05, 4.69) is 0 Å². The molecule has 0 aromatic carbocycles. The highest BCUT2D eigenvalue weighted by molar-refractivity contribution is 5.66. The summed E-state index contributed by atoms with van der Waals surface area (Å²) in [6.45, 7) is 1.75. The molecular weight excluding hydrogens is 402 g/mol. The molecule has 6 unspecified atom stereocenters. The Kier molecular flexibility index (Phi) is 13.8. The van der Waals surface area contributed by atoms with E-state index in [1.165, 1.54) is 25.7 Å². The summed E-state index contributed by atoms with van der Waals surface area (Å²) in [5.74, 6) is -0.950. The van der Waals surface area contributed by atoms with Gasteiger partial charge in [0, 0.05) is 6.42 Å². The Morgan fingerprint density at radius 1 is 0.871 bits per heavy atom. The number of carbonyl (C=O) groups is 1. The van der Waals surface area contributed by atoms with Crippen LogP contribution in [0.3, 0.4) is 0 Å². The van der Waals surface area contributed by atoms with E-state index < -0.39 is 42.2 Å².